The second kappa shape index (κ2) is 7.37. The Bertz CT molecular complexity index is 715. The molecule has 0 fully saturated rings. The van der Waals surface area contributed by atoms with Crippen LogP contribution in [0.4, 0.5) is 5.13 Å². The molecule has 0 unspecified atom stereocenters. The highest BCUT2D eigenvalue weighted by atomic mass is 79.9. The molecule has 8 heteroatoms. The molecule has 1 aromatic carbocycles. The number of benzene rings is 1. The summed E-state index contributed by atoms with van der Waals surface area (Å²) in [5, 5.41) is 4.34. The molecule has 0 atom stereocenters. The first-order valence-electron chi connectivity index (χ1n) is 6.47. The minimum absolute atomic E-state index is 0.323. The molecule has 0 saturated carbocycles. The van der Waals surface area contributed by atoms with Crippen LogP contribution in [0.25, 0.3) is 0 Å². The van der Waals surface area contributed by atoms with Crippen LogP contribution in [0.2, 0.25) is 0 Å². The van der Waals surface area contributed by atoms with Gasteiger partial charge in [-0.2, -0.15) is 5.10 Å². The van der Waals surface area contributed by atoms with Crippen LogP contribution in [0.3, 0.4) is 0 Å². The van der Waals surface area contributed by atoms with Crippen molar-refractivity contribution in [2.45, 2.75) is 13.3 Å². The molecule has 6 nitrogen and oxygen atoms in total. The summed E-state index contributed by atoms with van der Waals surface area (Å²) in [5.74, 6) is 0.341. The smallest absolute Gasteiger partial charge is 0.283 e. The zero-order valence-electron chi connectivity index (χ0n) is 12.1. The number of amides is 1. The highest BCUT2D eigenvalue weighted by molar-refractivity contribution is 9.10. The summed E-state index contributed by atoms with van der Waals surface area (Å²) in [4.78, 5) is 16.7. The number of hydrogen-bond acceptors (Lipinski definition) is 6. The zero-order chi connectivity index (χ0) is 16.1. The largest absolute Gasteiger partial charge is 0.496 e. The molecule has 0 aliphatic heterocycles. The minimum atomic E-state index is -0.323. The van der Waals surface area contributed by atoms with Crippen LogP contribution >= 0.6 is 27.3 Å². The third kappa shape index (κ3) is 3.83. The van der Waals surface area contributed by atoms with Gasteiger partial charge in [0.05, 0.1) is 19.0 Å². The van der Waals surface area contributed by atoms with Gasteiger partial charge in [-0.1, -0.05) is 34.2 Å². The molecule has 0 aliphatic rings. The summed E-state index contributed by atoms with van der Waals surface area (Å²) in [6, 6.07) is 5.52. The van der Waals surface area contributed by atoms with Crippen molar-refractivity contribution in [3.05, 3.63) is 38.8 Å². The fourth-order valence-electron chi connectivity index (χ4n) is 1.80. The van der Waals surface area contributed by atoms with Crippen molar-refractivity contribution in [1.82, 2.24) is 10.4 Å². The maximum Gasteiger partial charge on any atom is 0.283 e. The van der Waals surface area contributed by atoms with Gasteiger partial charge in [0.1, 0.15) is 10.6 Å². The van der Waals surface area contributed by atoms with Gasteiger partial charge in [-0.3, -0.25) is 4.79 Å². The number of nitrogen functional groups attached to an aromatic ring is 1. The van der Waals surface area contributed by atoms with Crippen molar-refractivity contribution in [2.75, 3.05) is 12.8 Å². The summed E-state index contributed by atoms with van der Waals surface area (Å²) in [6.45, 7) is 1.92. The number of aromatic nitrogens is 1. The number of nitrogens with one attached hydrogen (secondary N) is 1. The number of halogens is 1. The Hall–Kier alpha value is -1.93. The number of methoxy groups -OCH3 is 1. The van der Waals surface area contributed by atoms with Crippen molar-refractivity contribution in [1.29, 1.82) is 0 Å². The molecule has 2 aromatic rings. The number of hydrogen-bond donors (Lipinski definition) is 2. The maximum absolute atomic E-state index is 12.1. The van der Waals surface area contributed by atoms with Crippen molar-refractivity contribution in [3.63, 3.8) is 0 Å². The Balaban J connectivity index is 2.12. The normalized spacial score (nSPS) is 10.9. The van der Waals surface area contributed by atoms with Gasteiger partial charge in [-0.05, 0) is 24.6 Å². The number of nitrogens with two attached hydrogens (primary N) is 1. The van der Waals surface area contributed by atoms with Gasteiger partial charge >= 0.3 is 0 Å². The summed E-state index contributed by atoms with van der Waals surface area (Å²) in [5.41, 5.74) is 9.54. The number of thiazole rings is 1. The van der Waals surface area contributed by atoms with Crippen molar-refractivity contribution >= 4 is 44.5 Å². The van der Waals surface area contributed by atoms with E-state index in [1.165, 1.54) is 6.21 Å². The van der Waals surface area contributed by atoms with E-state index in [0.29, 0.717) is 27.9 Å². The molecule has 0 spiro atoms. The predicted molar refractivity (Wildman–Crippen MR) is 91.7 cm³/mol. The van der Waals surface area contributed by atoms with Crippen LogP contribution in [0.5, 0.6) is 5.75 Å². The number of rotatable bonds is 5. The molecule has 0 saturated heterocycles. The first-order chi connectivity index (χ1) is 10.5. The zero-order valence-corrected chi connectivity index (χ0v) is 14.5. The standard InChI is InChI=1S/C14H15BrN4O2S/c1-3-10-12(22-14(16)18-10)13(20)19-17-7-8-6-9(15)4-5-11(8)21-2/h4-7H,3H2,1-2H3,(H2,16,18)(H,19,20)/b17-7-. The quantitative estimate of drug-likeness (QED) is 0.614. The van der Waals surface area contributed by atoms with E-state index in [1.807, 2.05) is 25.1 Å². The number of aryl methyl sites for hydroxylation is 1. The molecule has 0 radical (unpaired) electrons. The summed E-state index contributed by atoms with van der Waals surface area (Å²) in [6.07, 6.45) is 2.16. The van der Waals surface area contributed by atoms with Crippen LogP contribution in [-0.4, -0.2) is 24.2 Å². The van der Waals surface area contributed by atoms with Crippen LogP contribution in [0, 0.1) is 0 Å². The molecule has 22 heavy (non-hydrogen) atoms. The Morgan fingerprint density at radius 1 is 1.59 bits per heavy atom. The number of nitrogens with zero attached hydrogens (tertiary/aromatic N) is 2. The van der Waals surface area contributed by atoms with E-state index in [4.69, 9.17) is 10.5 Å². The highest BCUT2D eigenvalue weighted by Gasteiger charge is 2.15. The number of carbonyl (C=O) groups is 1. The lowest BCUT2D eigenvalue weighted by molar-refractivity contribution is 0.0958. The van der Waals surface area contributed by atoms with Crippen molar-refractivity contribution < 1.29 is 9.53 Å². The van der Waals surface area contributed by atoms with Gasteiger partial charge in [0.15, 0.2) is 5.13 Å². The monoisotopic (exact) mass is 382 g/mol. The second-order valence-corrected chi connectivity index (χ2v) is 6.21. The molecule has 0 bridgehead atoms. The summed E-state index contributed by atoms with van der Waals surface area (Å²) < 4.78 is 6.13. The third-order valence-corrected chi connectivity index (χ3v) is 4.24. The molecule has 1 heterocycles. The van der Waals surface area contributed by atoms with Crippen LogP contribution < -0.4 is 15.9 Å². The van der Waals surface area contributed by atoms with Gasteiger partial charge in [0.2, 0.25) is 0 Å². The number of ether oxygens (including phenoxy) is 1. The first kappa shape index (κ1) is 16.4. The van der Waals surface area contributed by atoms with Crippen molar-refractivity contribution in [2.24, 2.45) is 5.10 Å². The van der Waals surface area contributed by atoms with Gasteiger partial charge in [0, 0.05) is 10.0 Å². The average molecular weight is 383 g/mol. The molecule has 3 N–H and O–H groups in total. The van der Waals surface area contributed by atoms with Gasteiger partial charge in [0.25, 0.3) is 5.91 Å². The lowest BCUT2D eigenvalue weighted by Gasteiger charge is -2.04. The second-order valence-electron chi connectivity index (χ2n) is 4.27. The van der Waals surface area contributed by atoms with Crippen LogP contribution in [-0.2, 0) is 6.42 Å². The molecule has 116 valence electrons. The Morgan fingerprint density at radius 2 is 2.36 bits per heavy atom. The number of anilines is 1. The molecule has 1 aromatic heterocycles. The first-order valence-corrected chi connectivity index (χ1v) is 8.08. The van der Waals surface area contributed by atoms with E-state index in [1.54, 1.807) is 7.11 Å². The van der Waals surface area contributed by atoms with E-state index in [2.05, 4.69) is 31.4 Å². The van der Waals surface area contributed by atoms with Gasteiger partial charge < -0.3 is 10.5 Å². The highest BCUT2D eigenvalue weighted by Crippen LogP contribution is 2.22. The third-order valence-electron chi connectivity index (χ3n) is 2.82. The molecule has 0 aliphatic carbocycles. The van der Waals surface area contributed by atoms with E-state index in [-0.39, 0.29) is 5.91 Å². The Labute approximate surface area is 140 Å². The van der Waals surface area contributed by atoms with Gasteiger partial charge in [-0.25, -0.2) is 10.4 Å². The Morgan fingerprint density at radius 3 is 3.05 bits per heavy atom. The average Bonchev–Trinajstić information content (AvgIpc) is 2.88. The maximum atomic E-state index is 12.1. The summed E-state index contributed by atoms with van der Waals surface area (Å²) in [7, 11) is 1.58. The summed E-state index contributed by atoms with van der Waals surface area (Å²) >= 11 is 4.53. The lowest BCUT2D eigenvalue weighted by atomic mass is 10.2. The molecule has 1 amide bonds. The minimum Gasteiger partial charge on any atom is -0.496 e. The predicted octanol–water partition coefficient (Wildman–Crippen LogP) is 2.82. The fourth-order valence-corrected chi connectivity index (χ4v) is 2.99. The Kier molecular flexibility index (Phi) is 5.51. The van der Waals surface area contributed by atoms with Crippen LogP contribution in [0.1, 0.15) is 27.9 Å². The molecular weight excluding hydrogens is 368 g/mol. The SMILES string of the molecule is CCc1nc(N)sc1C(=O)N/N=C\c1cc(Br)ccc1OC. The van der Waals surface area contributed by atoms with Crippen molar-refractivity contribution in [3.8, 4) is 5.75 Å². The van der Waals surface area contributed by atoms with E-state index in [9.17, 15) is 4.79 Å². The van der Waals surface area contributed by atoms with E-state index in [0.717, 1.165) is 21.4 Å². The van der Waals surface area contributed by atoms with E-state index < -0.39 is 0 Å². The number of hydrazone groups is 1. The van der Waals surface area contributed by atoms with E-state index >= 15 is 0 Å². The molecule has 2 rings (SSSR count). The number of carbonyl (C=O) groups excluding carboxylic acids is 1. The molecular formula is C14H15BrN4O2S. The lowest BCUT2D eigenvalue weighted by Crippen LogP contribution is -2.17. The van der Waals surface area contributed by atoms with Gasteiger partial charge in [-0.15, -0.1) is 0 Å². The fraction of sp³-hybridized carbons (Fsp3) is 0.214. The topological polar surface area (TPSA) is 89.6 Å². The van der Waals surface area contributed by atoms with Crippen LogP contribution in [0.15, 0.2) is 27.8 Å².